The summed E-state index contributed by atoms with van der Waals surface area (Å²) in [5.74, 6) is 3.26. The van der Waals surface area contributed by atoms with E-state index in [0.29, 0.717) is 0 Å². The Hall–Kier alpha value is 0.660. The molecule has 1 nitrogen and oxygen atoms in total. The zero-order valence-corrected chi connectivity index (χ0v) is 8.15. The van der Waals surface area contributed by atoms with Crippen molar-refractivity contribution in [1.82, 2.24) is 0 Å². The van der Waals surface area contributed by atoms with Gasteiger partial charge in [-0.1, -0.05) is 13.8 Å². The first-order valence-corrected chi connectivity index (χ1v) is 5.65. The van der Waals surface area contributed by atoms with E-state index in [1.54, 1.807) is 11.8 Å². The number of hydrogen-bond donors (Lipinski definition) is 1. The number of nitrogens with two attached hydrogens (primary N) is 1. The Morgan fingerprint density at radius 2 is 1.56 bits per heavy atom. The van der Waals surface area contributed by atoms with Gasteiger partial charge in [-0.2, -0.15) is 23.5 Å². The van der Waals surface area contributed by atoms with E-state index >= 15 is 0 Å². The largest absolute Gasteiger partial charge is 0.322 e. The van der Waals surface area contributed by atoms with Crippen molar-refractivity contribution in [2.45, 2.75) is 13.8 Å². The topological polar surface area (TPSA) is 26.0 Å². The lowest BCUT2D eigenvalue weighted by atomic mass is 11.0. The third kappa shape index (κ3) is 28.7. The van der Waals surface area contributed by atoms with Crippen LogP contribution in [0.5, 0.6) is 0 Å². The van der Waals surface area contributed by atoms with Crippen LogP contribution in [-0.4, -0.2) is 23.6 Å². The minimum atomic E-state index is 0.736. The highest BCUT2D eigenvalue weighted by Crippen LogP contribution is 1.93. The maximum Gasteiger partial charge on any atom is 0.0389 e. The first-order valence-electron chi connectivity index (χ1n) is 3.10. The van der Waals surface area contributed by atoms with Crippen molar-refractivity contribution in [3.05, 3.63) is 0 Å². The highest BCUT2D eigenvalue weighted by Gasteiger charge is 1.67. The number of thioether (sulfide) groups is 2. The zero-order chi connectivity index (χ0) is 7.54. The molecule has 0 aliphatic heterocycles. The van der Waals surface area contributed by atoms with Gasteiger partial charge in [-0.15, -0.1) is 0 Å². The van der Waals surface area contributed by atoms with Gasteiger partial charge < -0.3 is 5.73 Å². The fourth-order valence-corrected chi connectivity index (χ4v) is 0.612. The summed E-state index contributed by atoms with van der Waals surface area (Å²) < 4.78 is 0. The van der Waals surface area contributed by atoms with Crippen LogP contribution in [0.1, 0.15) is 13.8 Å². The Kier molecular flexibility index (Phi) is 21.8. The summed E-state index contributed by atoms with van der Waals surface area (Å²) in [5, 5.41) is 0. The molecular formula is C6H17NS2. The molecule has 0 atom stereocenters. The second kappa shape index (κ2) is 15.9. The Labute approximate surface area is 67.2 Å². The van der Waals surface area contributed by atoms with Crippen LogP contribution >= 0.6 is 23.5 Å². The SMILES string of the molecule is CCSCC.CSCN. The molecule has 0 spiro atoms. The van der Waals surface area contributed by atoms with Gasteiger partial charge in [0.1, 0.15) is 0 Å². The molecule has 3 heteroatoms. The molecule has 0 aliphatic carbocycles. The third-order valence-electron chi connectivity index (χ3n) is 0.575. The molecule has 0 heterocycles. The average Bonchev–Trinajstić information content (AvgIpc) is 1.91. The van der Waals surface area contributed by atoms with E-state index < -0.39 is 0 Å². The smallest absolute Gasteiger partial charge is 0.0389 e. The van der Waals surface area contributed by atoms with Gasteiger partial charge >= 0.3 is 0 Å². The summed E-state index contributed by atoms with van der Waals surface area (Å²) >= 11 is 3.60. The molecule has 0 aromatic rings. The summed E-state index contributed by atoms with van der Waals surface area (Å²) in [6.45, 7) is 4.35. The van der Waals surface area contributed by atoms with Gasteiger partial charge in [0, 0.05) is 5.88 Å². The molecule has 0 radical (unpaired) electrons. The van der Waals surface area contributed by atoms with Gasteiger partial charge in [0.05, 0.1) is 0 Å². The summed E-state index contributed by atoms with van der Waals surface area (Å²) in [5.41, 5.74) is 4.99. The van der Waals surface area contributed by atoms with E-state index in [-0.39, 0.29) is 0 Å². The Morgan fingerprint density at radius 3 is 1.56 bits per heavy atom. The summed E-state index contributed by atoms with van der Waals surface area (Å²) in [7, 11) is 0. The van der Waals surface area contributed by atoms with Crippen LogP contribution in [0.25, 0.3) is 0 Å². The molecule has 0 saturated carbocycles. The molecule has 0 aliphatic rings. The first kappa shape index (κ1) is 12.3. The molecule has 0 fully saturated rings. The molecular weight excluding hydrogens is 150 g/mol. The predicted molar refractivity (Wildman–Crippen MR) is 51.2 cm³/mol. The number of hydrogen-bond acceptors (Lipinski definition) is 3. The van der Waals surface area contributed by atoms with Crippen LogP contribution in [0.15, 0.2) is 0 Å². The zero-order valence-electron chi connectivity index (χ0n) is 6.52. The molecule has 0 amide bonds. The van der Waals surface area contributed by atoms with Crippen molar-refractivity contribution >= 4 is 23.5 Å². The highest BCUT2D eigenvalue weighted by atomic mass is 32.2. The van der Waals surface area contributed by atoms with Gasteiger partial charge in [-0.05, 0) is 17.8 Å². The van der Waals surface area contributed by atoms with E-state index in [2.05, 4.69) is 13.8 Å². The van der Waals surface area contributed by atoms with Crippen LogP contribution in [0.4, 0.5) is 0 Å². The van der Waals surface area contributed by atoms with E-state index in [9.17, 15) is 0 Å². The van der Waals surface area contributed by atoms with Crippen molar-refractivity contribution in [2.75, 3.05) is 23.6 Å². The molecule has 0 bridgehead atoms. The van der Waals surface area contributed by atoms with Crippen LogP contribution in [0, 0.1) is 0 Å². The molecule has 0 saturated heterocycles. The van der Waals surface area contributed by atoms with E-state index in [0.717, 1.165) is 5.88 Å². The first-order chi connectivity index (χ1) is 4.33. The van der Waals surface area contributed by atoms with Crippen LogP contribution in [0.3, 0.4) is 0 Å². The van der Waals surface area contributed by atoms with Gasteiger partial charge in [0.15, 0.2) is 0 Å². The van der Waals surface area contributed by atoms with Crippen molar-refractivity contribution in [3.63, 3.8) is 0 Å². The summed E-state index contributed by atoms with van der Waals surface area (Å²) in [4.78, 5) is 0. The standard InChI is InChI=1S/C4H10S.C2H7NS/c1-3-5-4-2;1-4-2-3/h3-4H2,1-2H3;2-3H2,1H3. The summed E-state index contributed by atoms with van der Waals surface area (Å²) in [6, 6.07) is 0. The van der Waals surface area contributed by atoms with Gasteiger partial charge in [-0.3, -0.25) is 0 Å². The monoisotopic (exact) mass is 167 g/mol. The van der Waals surface area contributed by atoms with E-state index in [1.807, 2.05) is 18.0 Å². The highest BCUT2D eigenvalue weighted by molar-refractivity contribution is 7.99. The van der Waals surface area contributed by atoms with Crippen LogP contribution in [0.2, 0.25) is 0 Å². The molecule has 0 aromatic heterocycles. The van der Waals surface area contributed by atoms with Gasteiger partial charge in [-0.25, -0.2) is 0 Å². The third-order valence-corrected chi connectivity index (χ3v) is 1.72. The van der Waals surface area contributed by atoms with E-state index in [1.165, 1.54) is 11.5 Å². The Morgan fingerprint density at radius 1 is 1.22 bits per heavy atom. The van der Waals surface area contributed by atoms with Crippen LogP contribution < -0.4 is 5.73 Å². The van der Waals surface area contributed by atoms with Crippen molar-refractivity contribution in [3.8, 4) is 0 Å². The summed E-state index contributed by atoms with van der Waals surface area (Å²) in [6.07, 6.45) is 1.97. The molecule has 0 unspecified atom stereocenters. The minimum Gasteiger partial charge on any atom is -0.322 e. The van der Waals surface area contributed by atoms with Gasteiger partial charge in [0.2, 0.25) is 0 Å². The van der Waals surface area contributed by atoms with E-state index in [4.69, 9.17) is 5.73 Å². The predicted octanol–water partition coefficient (Wildman–Crippen LogP) is 2.02. The maximum atomic E-state index is 4.99. The molecule has 9 heavy (non-hydrogen) atoms. The lowest BCUT2D eigenvalue weighted by molar-refractivity contribution is 1.40. The minimum absolute atomic E-state index is 0.736. The lowest BCUT2D eigenvalue weighted by Crippen LogP contribution is -1.88. The quantitative estimate of drug-likeness (QED) is 0.651. The van der Waals surface area contributed by atoms with Crippen LogP contribution in [-0.2, 0) is 0 Å². The Balaban J connectivity index is 0. The fourth-order valence-electron chi connectivity index (χ4n) is 0.204. The normalized spacial score (nSPS) is 8.00. The molecule has 2 N–H and O–H groups in total. The molecule has 0 rings (SSSR count). The second-order valence-corrected chi connectivity index (χ2v) is 3.71. The fraction of sp³-hybridized carbons (Fsp3) is 1.00. The lowest BCUT2D eigenvalue weighted by Gasteiger charge is -1.80. The van der Waals surface area contributed by atoms with Crippen molar-refractivity contribution < 1.29 is 0 Å². The molecule has 58 valence electrons. The van der Waals surface area contributed by atoms with Crippen molar-refractivity contribution in [2.24, 2.45) is 5.73 Å². The average molecular weight is 167 g/mol. The molecule has 0 aromatic carbocycles. The maximum absolute atomic E-state index is 4.99. The Bertz CT molecular complexity index is 30.2. The second-order valence-electron chi connectivity index (χ2n) is 1.24. The van der Waals surface area contributed by atoms with Gasteiger partial charge in [0.25, 0.3) is 0 Å². The number of rotatable bonds is 3. The van der Waals surface area contributed by atoms with Crippen molar-refractivity contribution in [1.29, 1.82) is 0 Å².